The van der Waals surface area contributed by atoms with E-state index in [0.717, 1.165) is 23.7 Å². The number of rotatable bonds is 3. The second-order valence-electron chi connectivity index (χ2n) is 8.11. The number of allylic oxidation sites excluding steroid dienone is 1. The van der Waals surface area contributed by atoms with Gasteiger partial charge in [-0.2, -0.15) is 25.7 Å². The zero-order chi connectivity index (χ0) is 15.6. The minimum Gasteiger partial charge on any atom is -0.328 e. The average Bonchev–Trinajstić information content (AvgIpc) is 2.58. The third-order valence-corrected chi connectivity index (χ3v) is 6.18. The molecule has 3 fully saturated rings. The standard InChI is InChI=1S/C15H25.C7H13.2Y/c1-2-13-8-10-15(11-9-13)12-14-6-4-3-5-7-14;1-7-5-3-2-4-6-7;;/h2-3,13-15H,1,4-12H2;2,7H,3-6H2,1H3;;/q2*-1;;. The van der Waals surface area contributed by atoms with Crippen LogP contribution < -0.4 is 0 Å². The van der Waals surface area contributed by atoms with Gasteiger partial charge in [0.25, 0.3) is 0 Å². The molecule has 0 aromatic heterocycles. The maximum absolute atomic E-state index is 3.92. The van der Waals surface area contributed by atoms with Gasteiger partial charge in [0.15, 0.2) is 0 Å². The number of hydrogen-bond donors (Lipinski definition) is 0. The molecule has 0 nitrogen and oxygen atoms in total. The van der Waals surface area contributed by atoms with Crippen LogP contribution in [-0.2, 0) is 65.4 Å². The molecule has 24 heavy (non-hydrogen) atoms. The Kier molecular flexibility index (Phi) is 17.2. The van der Waals surface area contributed by atoms with Gasteiger partial charge in [0.1, 0.15) is 0 Å². The summed E-state index contributed by atoms with van der Waals surface area (Å²) in [6, 6.07) is 0. The van der Waals surface area contributed by atoms with Gasteiger partial charge in [-0.3, -0.25) is 0 Å². The Balaban J connectivity index is 0.000000504. The van der Waals surface area contributed by atoms with Crippen LogP contribution in [0, 0.1) is 36.5 Å². The largest absolute Gasteiger partial charge is 0.328 e. The first kappa shape index (κ1) is 25.9. The summed E-state index contributed by atoms with van der Waals surface area (Å²) >= 11 is 0. The van der Waals surface area contributed by atoms with Gasteiger partial charge in [-0.05, 0) is 55.8 Å². The number of hydrogen-bond acceptors (Lipinski definition) is 0. The molecule has 3 saturated carbocycles. The smallest absolute Gasteiger partial charge is 0 e. The van der Waals surface area contributed by atoms with Crippen molar-refractivity contribution in [3.63, 3.8) is 0 Å². The first-order valence-electron chi connectivity index (χ1n) is 10.0. The molecule has 0 aromatic carbocycles. The van der Waals surface area contributed by atoms with Crippen molar-refractivity contribution >= 4 is 0 Å². The predicted molar refractivity (Wildman–Crippen MR) is 98.5 cm³/mol. The minimum absolute atomic E-state index is 0. The Morgan fingerprint density at radius 1 is 0.750 bits per heavy atom. The molecule has 3 aliphatic rings. The van der Waals surface area contributed by atoms with E-state index in [9.17, 15) is 0 Å². The van der Waals surface area contributed by atoms with Gasteiger partial charge < -0.3 is 12.8 Å². The summed E-state index contributed by atoms with van der Waals surface area (Å²) < 4.78 is 0. The molecule has 0 aliphatic heterocycles. The third-order valence-electron chi connectivity index (χ3n) is 6.18. The first-order chi connectivity index (χ1) is 10.8. The van der Waals surface area contributed by atoms with Gasteiger partial charge in [0.2, 0.25) is 0 Å². The summed E-state index contributed by atoms with van der Waals surface area (Å²) in [5.74, 6) is 3.94. The van der Waals surface area contributed by atoms with Gasteiger partial charge in [-0.15, -0.1) is 6.58 Å². The van der Waals surface area contributed by atoms with Crippen LogP contribution >= 0.6 is 0 Å². The van der Waals surface area contributed by atoms with Crippen LogP contribution in [0.2, 0.25) is 0 Å². The van der Waals surface area contributed by atoms with Crippen LogP contribution in [0.4, 0.5) is 0 Å². The van der Waals surface area contributed by atoms with Gasteiger partial charge in [-0.25, -0.2) is 0 Å². The molecule has 0 heterocycles. The van der Waals surface area contributed by atoms with Crippen LogP contribution in [0.15, 0.2) is 12.7 Å². The van der Waals surface area contributed by atoms with E-state index >= 15 is 0 Å². The summed E-state index contributed by atoms with van der Waals surface area (Å²) in [7, 11) is 0. The SMILES string of the molecule is C=CC1CCC(CC2CC[CH-]CC2)CC1.CC1CC[CH-]CC1.[Y].[Y]. The van der Waals surface area contributed by atoms with E-state index < -0.39 is 0 Å². The topological polar surface area (TPSA) is 0 Å². The molecule has 3 rings (SSSR count). The summed E-state index contributed by atoms with van der Waals surface area (Å²) in [5.41, 5.74) is 0. The van der Waals surface area contributed by atoms with E-state index in [1.165, 1.54) is 83.5 Å². The Labute approximate surface area is 202 Å². The van der Waals surface area contributed by atoms with E-state index in [4.69, 9.17) is 0 Å². The molecule has 134 valence electrons. The summed E-state index contributed by atoms with van der Waals surface area (Å²) in [5, 5.41) is 0. The fourth-order valence-corrected chi connectivity index (χ4v) is 4.46. The van der Waals surface area contributed by atoms with Crippen LogP contribution in [0.3, 0.4) is 0 Å². The van der Waals surface area contributed by atoms with E-state index in [1.807, 2.05) is 0 Å². The van der Waals surface area contributed by atoms with Crippen LogP contribution in [0.1, 0.15) is 90.4 Å². The van der Waals surface area contributed by atoms with Crippen LogP contribution in [0.5, 0.6) is 0 Å². The van der Waals surface area contributed by atoms with Crippen molar-refractivity contribution in [2.24, 2.45) is 23.7 Å². The molecule has 0 atom stereocenters. The maximum atomic E-state index is 3.92. The van der Waals surface area contributed by atoms with Crippen molar-refractivity contribution in [3.05, 3.63) is 25.5 Å². The zero-order valence-electron chi connectivity index (χ0n) is 16.1. The Bertz CT molecular complexity index is 282. The second kappa shape index (κ2) is 16.0. The van der Waals surface area contributed by atoms with Crippen molar-refractivity contribution in [2.75, 3.05) is 0 Å². The minimum atomic E-state index is 0. The molecule has 0 spiro atoms. The molecule has 2 radical (unpaired) electrons. The molecule has 0 aromatic rings. The van der Waals surface area contributed by atoms with E-state index in [-0.39, 0.29) is 65.4 Å². The van der Waals surface area contributed by atoms with E-state index in [2.05, 4.69) is 32.4 Å². The summed E-state index contributed by atoms with van der Waals surface area (Å²) in [6.07, 6.45) is 25.6. The van der Waals surface area contributed by atoms with Gasteiger partial charge >= 0.3 is 0 Å². The van der Waals surface area contributed by atoms with Gasteiger partial charge in [0.05, 0.1) is 0 Å². The van der Waals surface area contributed by atoms with Crippen molar-refractivity contribution < 1.29 is 65.4 Å². The second-order valence-corrected chi connectivity index (χ2v) is 8.11. The van der Waals surface area contributed by atoms with Gasteiger partial charge in [-0.1, -0.05) is 38.7 Å². The van der Waals surface area contributed by atoms with Crippen molar-refractivity contribution in [1.29, 1.82) is 0 Å². The van der Waals surface area contributed by atoms with Crippen molar-refractivity contribution in [2.45, 2.75) is 90.4 Å². The van der Waals surface area contributed by atoms with E-state index in [0.29, 0.717) is 0 Å². The quantitative estimate of drug-likeness (QED) is 0.297. The molecule has 0 unspecified atom stereocenters. The molecule has 0 bridgehead atoms. The molecule has 2 heteroatoms. The fraction of sp³-hybridized carbons (Fsp3) is 0.818. The summed E-state index contributed by atoms with van der Waals surface area (Å²) in [4.78, 5) is 0. The molecule has 3 aliphatic carbocycles. The van der Waals surface area contributed by atoms with Crippen LogP contribution in [0.25, 0.3) is 0 Å². The van der Waals surface area contributed by atoms with Crippen LogP contribution in [-0.4, -0.2) is 0 Å². The monoisotopic (exact) mass is 480 g/mol. The maximum Gasteiger partial charge on any atom is 0 e. The molecular weight excluding hydrogens is 442 g/mol. The normalized spacial score (nSPS) is 28.5. The Morgan fingerprint density at radius 3 is 1.62 bits per heavy atom. The van der Waals surface area contributed by atoms with Crippen molar-refractivity contribution in [1.82, 2.24) is 0 Å². The van der Waals surface area contributed by atoms with Gasteiger partial charge in [0, 0.05) is 65.4 Å². The molecule has 0 saturated heterocycles. The van der Waals surface area contributed by atoms with Crippen molar-refractivity contribution in [3.8, 4) is 0 Å². The molecule has 0 N–H and O–H groups in total. The molecular formula is C22H38Y2-2. The third kappa shape index (κ3) is 10.9. The molecule has 0 amide bonds. The summed E-state index contributed by atoms with van der Waals surface area (Å²) in [6.45, 7) is 6.26. The zero-order valence-corrected chi connectivity index (χ0v) is 21.8. The first-order valence-corrected chi connectivity index (χ1v) is 10.0. The average molecular weight is 480 g/mol. The Hall–Kier alpha value is 1.95. The van der Waals surface area contributed by atoms with E-state index in [1.54, 1.807) is 0 Å². The Morgan fingerprint density at radius 2 is 1.21 bits per heavy atom. The fourth-order valence-electron chi connectivity index (χ4n) is 4.46. The predicted octanol–water partition coefficient (Wildman–Crippen LogP) is 7.16.